The van der Waals surface area contributed by atoms with E-state index in [0.717, 1.165) is 24.0 Å². The zero-order valence-electron chi connectivity index (χ0n) is 7.06. The van der Waals surface area contributed by atoms with E-state index in [2.05, 4.69) is 22.4 Å². The highest BCUT2D eigenvalue weighted by Gasteiger charge is 1.92. The number of benzene rings is 1. The number of nitrogens with zero attached hydrogens (tertiary/aromatic N) is 1. The molecule has 1 aromatic rings. The SMILES string of the molecule is O=CCCc1ccc(N=C=S)cc1. The predicted molar refractivity (Wildman–Crippen MR) is 55.5 cm³/mol. The van der Waals surface area contributed by atoms with Gasteiger partial charge < -0.3 is 4.79 Å². The van der Waals surface area contributed by atoms with Crippen LogP contribution < -0.4 is 0 Å². The number of hydrogen-bond donors (Lipinski definition) is 0. The summed E-state index contributed by atoms with van der Waals surface area (Å²) in [5, 5.41) is 2.30. The summed E-state index contributed by atoms with van der Waals surface area (Å²) in [4.78, 5) is 13.9. The van der Waals surface area contributed by atoms with Gasteiger partial charge in [-0.3, -0.25) is 0 Å². The maximum atomic E-state index is 10.1. The molecule has 66 valence electrons. The fourth-order valence-electron chi connectivity index (χ4n) is 1.02. The summed E-state index contributed by atoms with van der Waals surface area (Å²) < 4.78 is 0. The van der Waals surface area contributed by atoms with Gasteiger partial charge in [0.05, 0.1) is 10.8 Å². The minimum atomic E-state index is 0.565. The van der Waals surface area contributed by atoms with Crippen molar-refractivity contribution in [2.24, 2.45) is 4.99 Å². The average Bonchev–Trinajstić information content (AvgIpc) is 2.17. The molecule has 0 aliphatic carbocycles. The number of aliphatic imine (C=N–C) groups is 1. The lowest BCUT2D eigenvalue weighted by molar-refractivity contribution is -0.107. The summed E-state index contributed by atoms with van der Waals surface area (Å²) in [5.41, 5.74) is 1.93. The topological polar surface area (TPSA) is 29.4 Å². The van der Waals surface area contributed by atoms with Gasteiger partial charge in [0.25, 0.3) is 0 Å². The number of aryl methyl sites for hydroxylation is 1. The minimum absolute atomic E-state index is 0.565. The highest BCUT2D eigenvalue weighted by molar-refractivity contribution is 7.78. The molecule has 0 fully saturated rings. The van der Waals surface area contributed by atoms with Crippen LogP contribution in [0.1, 0.15) is 12.0 Å². The van der Waals surface area contributed by atoms with E-state index >= 15 is 0 Å². The number of rotatable bonds is 4. The van der Waals surface area contributed by atoms with E-state index < -0.39 is 0 Å². The standard InChI is InChI=1S/C10H9NOS/c12-7-1-2-9-3-5-10(6-4-9)11-8-13/h3-7H,1-2H2. The van der Waals surface area contributed by atoms with Crippen molar-refractivity contribution < 1.29 is 4.79 Å². The smallest absolute Gasteiger partial charge is 0.120 e. The first kappa shape index (κ1) is 9.78. The lowest BCUT2D eigenvalue weighted by atomic mass is 10.1. The van der Waals surface area contributed by atoms with E-state index in [9.17, 15) is 4.79 Å². The fraction of sp³-hybridized carbons (Fsp3) is 0.200. The van der Waals surface area contributed by atoms with Gasteiger partial charge in [-0.05, 0) is 36.3 Å². The van der Waals surface area contributed by atoms with Gasteiger partial charge in [0.1, 0.15) is 6.29 Å². The Labute approximate surface area is 82.3 Å². The van der Waals surface area contributed by atoms with E-state index in [0.29, 0.717) is 6.42 Å². The summed E-state index contributed by atoms with van der Waals surface area (Å²) in [6.07, 6.45) is 2.27. The molecule has 0 amide bonds. The molecular weight excluding hydrogens is 182 g/mol. The number of carbonyl (C=O) groups excluding carboxylic acids is 1. The van der Waals surface area contributed by atoms with Crippen molar-refractivity contribution in [1.82, 2.24) is 0 Å². The highest BCUT2D eigenvalue weighted by Crippen LogP contribution is 2.12. The molecule has 0 unspecified atom stereocenters. The Balaban J connectivity index is 2.68. The third-order valence-electron chi connectivity index (χ3n) is 1.66. The van der Waals surface area contributed by atoms with Gasteiger partial charge in [0, 0.05) is 6.42 Å². The molecule has 0 aliphatic heterocycles. The van der Waals surface area contributed by atoms with Crippen molar-refractivity contribution in [2.75, 3.05) is 0 Å². The molecule has 0 atom stereocenters. The quantitative estimate of drug-likeness (QED) is 0.416. The van der Waals surface area contributed by atoms with Crippen LogP contribution in [0.5, 0.6) is 0 Å². The number of carbonyl (C=O) groups is 1. The van der Waals surface area contributed by atoms with Crippen LogP contribution in [0.25, 0.3) is 0 Å². The van der Waals surface area contributed by atoms with Crippen LogP contribution in [0.4, 0.5) is 5.69 Å². The largest absolute Gasteiger partial charge is 0.303 e. The predicted octanol–water partition coefficient (Wildman–Crippen LogP) is 2.55. The number of isothiocyanates is 1. The second kappa shape index (κ2) is 5.36. The van der Waals surface area contributed by atoms with Gasteiger partial charge in [-0.2, -0.15) is 4.99 Å². The average molecular weight is 191 g/mol. The molecule has 13 heavy (non-hydrogen) atoms. The van der Waals surface area contributed by atoms with E-state index in [4.69, 9.17) is 0 Å². The van der Waals surface area contributed by atoms with Gasteiger partial charge in [-0.25, -0.2) is 0 Å². The molecule has 0 aromatic heterocycles. The van der Waals surface area contributed by atoms with Crippen LogP contribution in [0.2, 0.25) is 0 Å². The first-order chi connectivity index (χ1) is 6.36. The molecular formula is C10H9NOS. The molecule has 1 rings (SSSR count). The van der Waals surface area contributed by atoms with Crippen molar-refractivity contribution in [3.63, 3.8) is 0 Å². The monoisotopic (exact) mass is 191 g/mol. The molecule has 0 aliphatic rings. The normalized spacial score (nSPS) is 8.92. The Bertz CT molecular complexity index is 325. The third kappa shape index (κ3) is 3.28. The van der Waals surface area contributed by atoms with E-state index in [1.54, 1.807) is 0 Å². The van der Waals surface area contributed by atoms with Gasteiger partial charge in [0.15, 0.2) is 0 Å². The molecule has 0 heterocycles. The molecule has 1 aromatic carbocycles. The first-order valence-corrected chi connectivity index (χ1v) is 4.38. The summed E-state index contributed by atoms with van der Waals surface area (Å²) in [5.74, 6) is 0. The number of hydrogen-bond acceptors (Lipinski definition) is 3. The Morgan fingerprint density at radius 3 is 2.62 bits per heavy atom. The van der Waals surface area contributed by atoms with Crippen LogP contribution in [0.3, 0.4) is 0 Å². The summed E-state index contributed by atoms with van der Waals surface area (Å²) in [7, 11) is 0. The van der Waals surface area contributed by atoms with E-state index in [1.165, 1.54) is 0 Å². The zero-order valence-corrected chi connectivity index (χ0v) is 7.88. The maximum absolute atomic E-state index is 10.1. The molecule has 0 radical (unpaired) electrons. The Morgan fingerprint density at radius 2 is 2.08 bits per heavy atom. The van der Waals surface area contributed by atoms with Crippen molar-refractivity contribution in [1.29, 1.82) is 0 Å². The molecule has 3 heteroatoms. The second-order valence-corrected chi connectivity index (χ2v) is 2.76. The number of thiocarbonyl (C=S) groups is 1. The van der Waals surface area contributed by atoms with Crippen molar-refractivity contribution >= 4 is 29.4 Å². The maximum Gasteiger partial charge on any atom is 0.120 e. The van der Waals surface area contributed by atoms with Gasteiger partial charge >= 0.3 is 0 Å². The van der Waals surface area contributed by atoms with Crippen LogP contribution in [-0.4, -0.2) is 11.4 Å². The summed E-state index contributed by atoms with van der Waals surface area (Å²) in [6.45, 7) is 0. The van der Waals surface area contributed by atoms with E-state index in [1.807, 2.05) is 24.3 Å². The van der Waals surface area contributed by atoms with Crippen LogP contribution >= 0.6 is 12.2 Å². The zero-order chi connectivity index (χ0) is 9.52. The van der Waals surface area contributed by atoms with Crippen LogP contribution in [0.15, 0.2) is 29.3 Å². The van der Waals surface area contributed by atoms with E-state index in [-0.39, 0.29) is 0 Å². The highest BCUT2D eigenvalue weighted by atomic mass is 32.1. The van der Waals surface area contributed by atoms with Gasteiger partial charge in [0.2, 0.25) is 0 Å². The minimum Gasteiger partial charge on any atom is -0.303 e. The number of aldehydes is 1. The lowest BCUT2D eigenvalue weighted by Crippen LogP contribution is -1.84. The summed E-state index contributed by atoms with van der Waals surface area (Å²) in [6, 6.07) is 7.60. The Hall–Kier alpha value is -1.31. The Morgan fingerprint density at radius 1 is 1.38 bits per heavy atom. The molecule has 0 bridgehead atoms. The molecule has 0 saturated carbocycles. The summed E-state index contributed by atoms with van der Waals surface area (Å²) >= 11 is 4.47. The van der Waals surface area contributed by atoms with Crippen molar-refractivity contribution in [2.45, 2.75) is 12.8 Å². The van der Waals surface area contributed by atoms with Crippen molar-refractivity contribution in [3.05, 3.63) is 29.8 Å². The van der Waals surface area contributed by atoms with Crippen molar-refractivity contribution in [3.8, 4) is 0 Å². The Kier molecular flexibility index (Phi) is 4.03. The van der Waals surface area contributed by atoms with Crippen LogP contribution in [-0.2, 0) is 11.2 Å². The van der Waals surface area contributed by atoms with Gasteiger partial charge in [-0.1, -0.05) is 12.1 Å². The molecule has 0 N–H and O–H groups in total. The molecule has 0 saturated heterocycles. The third-order valence-corrected chi connectivity index (χ3v) is 1.75. The fourth-order valence-corrected chi connectivity index (χ4v) is 1.12. The van der Waals surface area contributed by atoms with Crippen LogP contribution in [0, 0.1) is 0 Å². The first-order valence-electron chi connectivity index (χ1n) is 3.97. The molecule has 2 nitrogen and oxygen atoms in total. The van der Waals surface area contributed by atoms with Gasteiger partial charge in [-0.15, -0.1) is 0 Å². The second-order valence-electron chi connectivity index (χ2n) is 2.57. The molecule has 0 spiro atoms. The lowest BCUT2D eigenvalue weighted by Gasteiger charge is -1.96.